The Kier molecular flexibility index (Phi) is 31.1. The zero-order chi connectivity index (χ0) is 28.7. The van der Waals surface area contributed by atoms with Crippen molar-refractivity contribution >= 4 is 5.97 Å². The maximum atomic E-state index is 11.7. The van der Waals surface area contributed by atoms with Crippen LogP contribution in [0.5, 0.6) is 0 Å². The maximum Gasteiger partial charge on any atom is 0.306 e. The van der Waals surface area contributed by atoms with Gasteiger partial charge in [0, 0.05) is 0 Å². The van der Waals surface area contributed by atoms with Crippen molar-refractivity contribution in [2.24, 2.45) is 11.8 Å². The molecule has 2 unspecified atom stereocenters. The molecule has 0 aromatic heterocycles. The maximum absolute atomic E-state index is 11.7. The van der Waals surface area contributed by atoms with Crippen molar-refractivity contribution in [3.63, 3.8) is 0 Å². The van der Waals surface area contributed by atoms with Crippen LogP contribution in [-0.2, 0) is 4.79 Å². The molecule has 0 amide bonds. The van der Waals surface area contributed by atoms with E-state index in [2.05, 4.69) is 32.9 Å². The number of carbonyl (C=O) groups is 1. The Hall–Kier alpha value is -0.790. The van der Waals surface area contributed by atoms with E-state index in [4.69, 9.17) is 0 Å². The summed E-state index contributed by atoms with van der Waals surface area (Å²) in [6, 6.07) is 0. The van der Waals surface area contributed by atoms with Crippen LogP contribution in [0.2, 0.25) is 0 Å². The average Bonchev–Trinajstić information content (AvgIpc) is 2.92. The molecule has 0 fully saturated rings. The van der Waals surface area contributed by atoms with Crippen LogP contribution in [0, 0.1) is 11.8 Å². The molecule has 0 saturated carbocycles. The Balaban J connectivity index is 3.47. The predicted octanol–water partition coefficient (Wildman–Crippen LogP) is 13.2. The van der Waals surface area contributed by atoms with E-state index >= 15 is 0 Å². The minimum atomic E-state index is -0.561. The number of unbranched alkanes of at least 4 members (excludes halogenated alkanes) is 23. The second-order valence-electron chi connectivity index (χ2n) is 12.7. The van der Waals surface area contributed by atoms with Crippen LogP contribution in [0.3, 0.4) is 0 Å². The molecule has 0 heterocycles. The van der Waals surface area contributed by atoms with Gasteiger partial charge in [0.1, 0.15) is 0 Å². The summed E-state index contributed by atoms with van der Waals surface area (Å²) in [6.45, 7) is 6.91. The summed E-state index contributed by atoms with van der Waals surface area (Å²) in [4.78, 5) is 11.7. The molecule has 0 bridgehead atoms. The first-order valence-electron chi connectivity index (χ1n) is 18.0. The molecule has 0 aromatic carbocycles. The zero-order valence-corrected chi connectivity index (χ0v) is 27.2. The predicted molar refractivity (Wildman–Crippen MR) is 175 cm³/mol. The molecule has 2 nitrogen and oxygen atoms in total. The molecule has 39 heavy (non-hydrogen) atoms. The van der Waals surface area contributed by atoms with Gasteiger partial charge in [-0.05, 0) is 38.0 Å². The smallest absolute Gasteiger partial charge is 0.306 e. The van der Waals surface area contributed by atoms with Crippen molar-refractivity contribution in [2.45, 2.75) is 207 Å². The van der Waals surface area contributed by atoms with Crippen molar-refractivity contribution in [3.05, 3.63) is 12.2 Å². The summed E-state index contributed by atoms with van der Waals surface area (Å²) in [5, 5.41) is 9.61. The van der Waals surface area contributed by atoms with Gasteiger partial charge in [0.2, 0.25) is 0 Å². The normalized spacial score (nSPS) is 13.3. The van der Waals surface area contributed by atoms with Crippen LogP contribution >= 0.6 is 0 Å². The van der Waals surface area contributed by atoms with E-state index < -0.39 is 5.97 Å². The van der Waals surface area contributed by atoms with Gasteiger partial charge in [-0.3, -0.25) is 4.79 Å². The molecule has 1 N–H and O–H groups in total. The summed E-state index contributed by atoms with van der Waals surface area (Å²) in [5.41, 5.74) is 0. The third-order valence-electron chi connectivity index (χ3n) is 8.66. The Morgan fingerprint density at radius 1 is 0.513 bits per heavy atom. The van der Waals surface area contributed by atoms with Crippen LogP contribution in [-0.4, -0.2) is 11.1 Å². The van der Waals surface area contributed by atoms with Gasteiger partial charge in [-0.1, -0.05) is 187 Å². The number of hydrogen-bond acceptors (Lipinski definition) is 1. The van der Waals surface area contributed by atoms with Gasteiger partial charge >= 0.3 is 5.97 Å². The highest BCUT2D eigenvalue weighted by Gasteiger charge is 2.16. The molecule has 0 rings (SSSR count). The Labute approximate surface area is 246 Å². The summed E-state index contributed by atoms with van der Waals surface area (Å²) in [7, 11) is 0. The summed E-state index contributed by atoms with van der Waals surface area (Å²) in [5.74, 6) is 0.0790. The fourth-order valence-corrected chi connectivity index (χ4v) is 5.83. The molecular weight excluding hydrogens is 476 g/mol. The number of carboxylic acids is 1. The number of carboxylic acid groups (broad SMARTS) is 1. The second-order valence-corrected chi connectivity index (χ2v) is 12.7. The second kappa shape index (κ2) is 31.7. The lowest BCUT2D eigenvalue weighted by molar-refractivity contribution is -0.142. The van der Waals surface area contributed by atoms with Gasteiger partial charge in [-0.15, -0.1) is 0 Å². The molecule has 0 aliphatic carbocycles. The van der Waals surface area contributed by atoms with E-state index in [9.17, 15) is 9.90 Å². The van der Waals surface area contributed by atoms with E-state index in [-0.39, 0.29) is 5.92 Å². The monoisotopic (exact) mass is 549 g/mol. The lowest BCUT2D eigenvalue weighted by Crippen LogP contribution is -2.13. The van der Waals surface area contributed by atoms with Gasteiger partial charge in [0.25, 0.3) is 0 Å². The molecule has 0 aromatic rings. The molecule has 0 aliphatic rings. The van der Waals surface area contributed by atoms with Gasteiger partial charge in [-0.25, -0.2) is 0 Å². The highest BCUT2D eigenvalue weighted by molar-refractivity contribution is 5.69. The summed E-state index contributed by atoms with van der Waals surface area (Å²) in [6.07, 6.45) is 42.6. The lowest BCUT2D eigenvalue weighted by Gasteiger charge is -2.12. The van der Waals surface area contributed by atoms with Crippen LogP contribution in [0.4, 0.5) is 0 Å². The van der Waals surface area contributed by atoms with Gasteiger partial charge < -0.3 is 5.11 Å². The van der Waals surface area contributed by atoms with Gasteiger partial charge in [-0.2, -0.15) is 0 Å². The Bertz CT molecular complexity index is 512. The van der Waals surface area contributed by atoms with E-state index in [0.29, 0.717) is 0 Å². The molecule has 0 saturated heterocycles. The highest BCUT2D eigenvalue weighted by atomic mass is 16.4. The largest absolute Gasteiger partial charge is 0.481 e. The zero-order valence-electron chi connectivity index (χ0n) is 27.2. The van der Waals surface area contributed by atoms with Crippen molar-refractivity contribution in [3.8, 4) is 0 Å². The third-order valence-corrected chi connectivity index (χ3v) is 8.66. The summed E-state index contributed by atoms with van der Waals surface area (Å²) < 4.78 is 0. The lowest BCUT2D eigenvalue weighted by atomic mass is 9.94. The summed E-state index contributed by atoms with van der Waals surface area (Å²) >= 11 is 0. The van der Waals surface area contributed by atoms with E-state index in [1.807, 2.05) is 0 Å². The number of aliphatic carboxylic acids is 1. The SMILES string of the molecule is CCCCCCCCCCCCCCCCC(CCCCCCCCCCC=CC(C)CCCCC)C(=O)O. The first kappa shape index (κ1) is 38.2. The number of hydrogen-bond donors (Lipinski definition) is 1. The van der Waals surface area contributed by atoms with Gasteiger partial charge in [0.05, 0.1) is 5.92 Å². The fraction of sp³-hybridized carbons (Fsp3) is 0.919. The molecule has 0 spiro atoms. The molecular formula is C37H72O2. The minimum Gasteiger partial charge on any atom is -0.481 e. The minimum absolute atomic E-state index is 0.107. The van der Waals surface area contributed by atoms with Crippen LogP contribution in [0.25, 0.3) is 0 Å². The molecule has 0 radical (unpaired) electrons. The highest BCUT2D eigenvalue weighted by Crippen LogP contribution is 2.20. The third kappa shape index (κ3) is 30.0. The quantitative estimate of drug-likeness (QED) is 0.0670. The van der Waals surface area contributed by atoms with E-state index in [1.54, 1.807) is 0 Å². The average molecular weight is 549 g/mol. The van der Waals surface area contributed by atoms with Crippen molar-refractivity contribution < 1.29 is 9.90 Å². The Morgan fingerprint density at radius 3 is 1.26 bits per heavy atom. The Morgan fingerprint density at radius 2 is 0.846 bits per heavy atom. The fourth-order valence-electron chi connectivity index (χ4n) is 5.83. The number of rotatable bonds is 32. The van der Waals surface area contributed by atoms with Crippen LogP contribution in [0.1, 0.15) is 207 Å². The molecule has 232 valence electrons. The van der Waals surface area contributed by atoms with Crippen LogP contribution in [0.15, 0.2) is 12.2 Å². The van der Waals surface area contributed by atoms with Crippen molar-refractivity contribution in [1.29, 1.82) is 0 Å². The first-order valence-corrected chi connectivity index (χ1v) is 18.0. The number of allylic oxidation sites excluding steroid dienone is 2. The van der Waals surface area contributed by atoms with E-state index in [0.717, 1.165) is 31.6 Å². The standard InChI is InChI=1S/C37H72O2/c1-4-6-8-9-10-11-12-13-14-15-19-22-25-29-33-36(37(38)39)34-30-26-23-20-17-16-18-21-24-28-32-35(3)31-27-7-5-2/h28,32,35-36H,4-27,29-31,33-34H2,1-3H3,(H,38,39). The van der Waals surface area contributed by atoms with Crippen LogP contribution < -0.4 is 0 Å². The molecule has 2 atom stereocenters. The molecule has 0 aliphatic heterocycles. The molecule has 2 heteroatoms. The van der Waals surface area contributed by atoms with Gasteiger partial charge in [0.15, 0.2) is 0 Å². The van der Waals surface area contributed by atoms with Crippen molar-refractivity contribution in [1.82, 2.24) is 0 Å². The first-order chi connectivity index (χ1) is 19.1. The topological polar surface area (TPSA) is 37.3 Å². The van der Waals surface area contributed by atoms with E-state index in [1.165, 1.54) is 161 Å². The van der Waals surface area contributed by atoms with Crippen molar-refractivity contribution in [2.75, 3.05) is 0 Å².